The zero-order valence-corrected chi connectivity index (χ0v) is 12.1. The molecule has 7 heteroatoms. The van der Waals surface area contributed by atoms with Gasteiger partial charge in [-0.25, -0.2) is 4.98 Å². The molecule has 0 saturated heterocycles. The molecule has 21 heavy (non-hydrogen) atoms. The number of aromatic nitrogens is 5. The van der Waals surface area contributed by atoms with Crippen molar-refractivity contribution in [3.05, 3.63) is 29.8 Å². The lowest BCUT2D eigenvalue weighted by molar-refractivity contribution is 0.459. The molecular formula is C14H16N6O. The fraction of sp³-hybridized carbons (Fsp3) is 0.286. The Morgan fingerprint density at radius 1 is 1.24 bits per heavy atom. The van der Waals surface area contributed by atoms with Crippen LogP contribution in [0.25, 0.3) is 11.2 Å². The minimum atomic E-state index is 0.433. The van der Waals surface area contributed by atoms with Crippen LogP contribution in [0.4, 0.5) is 5.95 Å². The molecule has 3 aromatic rings. The molecule has 0 spiro atoms. The summed E-state index contributed by atoms with van der Waals surface area (Å²) in [6, 6.07) is 3.82. The van der Waals surface area contributed by atoms with Gasteiger partial charge in [0.15, 0.2) is 11.4 Å². The summed E-state index contributed by atoms with van der Waals surface area (Å²) >= 11 is 0. The lowest BCUT2D eigenvalue weighted by Crippen LogP contribution is -2.01. The molecule has 0 aromatic carbocycles. The summed E-state index contributed by atoms with van der Waals surface area (Å²) in [5, 5.41) is 2.90. The van der Waals surface area contributed by atoms with Crippen LogP contribution >= 0.6 is 0 Å². The van der Waals surface area contributed by atoms with Gasteiger partial charge in [0, 0.05) is 12.7 Å². The van der Waals surface area contributed by atoms with Crippen LogP contribution in [0.15, 0.2) is 18.5 Å². The highest BCUT2D eigenvalue weighted by Crippen LogP contribution is 2.28. The maximum Gasteiger partial charge on any atom is 0.250 e. The van der Waals surface area contributed by atoms with Crippen LogP contribution in [0.5, 0.6) is 11.6 Å². The van der Waals surface area contributed by atoms with E-state index in [0.29, 0.717) is 28.7 Å². The average molecular weight is 284 g/mol. The molecule has 3 heterocycles. The smallest absolute Gasteiger partial charge is 0.250 e. The second-order valence-electron chi connectivity index (χ2n) is 4.56. The predicted molar refractivity (Wildman–Crippen MR) is 79.7 cm³/mol. The zero-order valence-electron chi connectivity index (χ0n) is 12.1. The molecular weight excluding hydrogens is 268 g/mol. The second-order valence-corrected chi connectivity index (χ2v) is 4.56. The lowest BCUT2D eigenvalue weighted by Gasteiger charge is -2.10. The van der Waals surface area contributed by atoms with E-state index in [-0.39, 0.29) is 0 Å². The van der Waals surface area contributed by atoms with Crippen LogP contribution in [0.2, 0.25) is 0 Å². The third-order valence-corrected chi connectivity index (χ3v) is 3.09. The van der Waals surface area contributed by atoms with E-state index in [4.69, 9.17) is 4.74 Å². The van der Waals surface area contributed by atoms with E-state index in [2.05, 4.69) is 30.2 Å². The van der Waals surface area contributed by atoms with Crippen molar-refractivity contribution in [3.63, 3.8) is 0 Å². The number of ether oxygens (including phenoxy) is 1. The molecule has 0 aliphatic rings. The van der Waals surface area contributed by atoms with E-state index in [9.17, 15) is 0 Å². The van der Waals surface area contributed by atoms with E-state index >= 15 is 0 Å². The summed E-state index contributed by atoms with van der Waals surface area (Å²) in [7, 11) is 1.75. The Balaban J connectivity index is 2.07. The summed E-state index contributed by atoms with van der Waals surface area (Å²) in [6.07, 6.45) is 2.35. The number of nitrogens with zero attached hydrogens (tertiary/aromatic N) is 4. The van der Waals surface area contributed by atoms with Gasteiger partial charge in [0.25, 0.3) is 5.88 Å². The monoisotopic (exact) mass is 284 g/mol. The van der Waals surface area contributed by atoms with Crippen molar-refractivity contribution in [2.45, 2.75) is 20.3 Å². The number of hydrogen-bond acceptors (Lipinski definition) is 6. The Kier molecular flexibility index (Phi) is 3.39. The third-order valence-electron chi connectivity index (χ3n) is 3.09. The van der Waals surface area contributed by atoms with Gasteiger partial charge in [-0.3, -0.25) is 4.98 Å². The number of aromatic amines is 1. The first-order valence-electron chi connectivity index (χ1n) is 6.74. The van der Waals surface area contributed by atoms with Crippen LogP contribution < -0.4 is 10.1 Å². The number of imidazole rings is 1. The molecule has 0 aliphatic carbocycles. The summed E-state index contributed by atoms with van der Waals surface area (Å²) in [4.78, 5) is 20.2. The molecule has 2 N–H and O–H groups in total. The number of nitrogens with one attached hydrogen (secondary N) is 2. The van der Waals surface area contributed by atoms with E-state index < -0.39 is 0 Å². The quantitative estimate of drug-likeness (QED) is 0.765. The second kappa shape index (κ2) is 5.35. The number of H-pyrrole nitrogens is 1. The normalized spacial score (nSPS) is 10.8. The first-order chi connectivity index (χ1) is 10.2. The SMILES string of the molecule is CCc1nc(C)ccc1Oc1nc(NC)nc2nc[nH]c12. The molecule has 108 valence electrons. The largest absolute Gasteiger partial charge is 0.435 e. The van der Waals surface area contributed by atoms with Crippen molar-refractivity contribution in [1.29, 1.82) is 0 Å². The van der Waals surface area contributed by atoms with Crippen molar-refractivity contribution in [1.82, 2.24) is 24.9 Å². The standard InChI is InChI=1S/C14H16N6O/c1-4-9-10(6-5-8(2)18-9)21-13-11-12(17-7-16-11)19-14(15-3)20-13/h5-7H,4H2,1-3H3,(H2,15,16,17,19,20). The van der Waals surface area contributed by atoms with Gasteiger partial charge in [0.1, 0.15) is 5.52 Å². The van der Waals surface area contributed by atoms with E-state index in [1.807, 2.05) is 26.0 Å². The van der Waals surface area contributed by atoms with Crippen molar-refractivity contribution >= 4 is 17.1 Å². The highest BCUT2D eigenvalue weighted by atomic mass is 16.5. The van der Waals surface area contributed by atoms with Gasteiger partial charge in [-0.1, -0.05) is 6.92 Å². The Morgan fingerprint density at radius 3 is 2.86 bits per heavy atom. The van der Waals surface area contributed by atoms with Crippen molar-refractivity contribution in [2.75, 3.05) is 12.4 Å². The molecule has 0 saturated carbocycles. The molecule has 0 amide bonds. The average Bonchev–Trinajstić information content (AvgIpc) is 2.97. The van der Waals surface area contributed by atoms with Crippen molar-refractivity contribution in [3.8, 4) is 11.6 Å². The molecule has 0 unspecified atom stereocenters. The van der Waals surface area contributed by atoms with E-state index in [1.54, 1.807) is 13.4 Å². The predicted octanol–water partition coefficient (Wildman–Crippen LogP) is 2.45. The van der Waals surface area contributed by atoms with Gasteiger partial charge in [0.05, 0.1) is 12.0 Å². The number of aryl methyl sites for hydroxylation is 2. The fourth-order valence-electron chi connectivity index (χ4n) is 2.04. The number of hydrogen-bond donors (Lipinski definition) is 2. The highest BCUT2D eigenvalue weighted by Gasteiger charge is 2.13. The summed E-state index contributed by atoms with van der Waals surface area (Å²) in [5.41, 5.74) is 3.08. The maximum atomic E-state index is 5.94. The molecule has 7 nitrogen and oxygen atoms in total. The van der Waals surface area contributed by atoms with E-state index in [0.717, 1.165) is 17.8 Å². The molecule has 3 aromatic heterocycles. The summed E-state index contributed by atoms with van der Waals surface area (Å²) in [5.74, 6) is 1.59. The maximum absolute atomic E-state index is 5.94. The minimum absolute atomic E-state index is 0.433. The topological polar surface area (TPSA) is 88.6 Å². The highest BCUT2D eigenvalue weighted by molar-refractivity contribution is 5.77. The molecule has 0 fully saturated rings. The molecule has 0 aliphatic heterocycles. The molecule has 0 atom stereocenters. The Hall–Kier alpha value is -2.70. The van der Waals surface area contributed by atoms with Crippen LogP contribution in [-0.4, -0.2) is 32.0 Å². The Labute approximate surface area is 121 Å². The van der Waals surface area contributed by atoms with Crippen LogP contribution in [0.1, 0.15) is 18.3 Å². The van der Waals surface area contributed by atoms with Gasteiger partial charge in [-0.2, -0.15) is 9.97 Å². The van der Waals surface area contributed by atoms with Gasteiger partial charge in [-0.05, 0) is 25.5 Å². The molecule has 0 bridgehead atoms. The van der Waals surface area contributed by atoms with Gasteiger partial charge >= 0.3 is 0 Å². The van der Waals surface area contributed by atoms with Crippen LogP contribution in [0.3, 0.4) is 0 Å². The van der Waals surface area contributed by atoms with E-state index in [1.165, 1.54) is 0 Å². The summed E-state index contributed by atoms with van der Waals surface area (Å²) in [6.45, 7) is 4.00. The van der Waals surface area contributed by atoms with Crippen LogP contribution in [-0.2, 0) is 6.42 Å². The number of rotatable bonds is 4. The molecule has 0 radical (unpaired) electrons. The lowest BCUT2D eigenvalue weighted by atomic mass is 10.2. The number of anilines is 1. The number of fused-ring (bicyclic) bond motifs is 1. The third kappa shape index (κ3) is 2.49. The summed E-state index contributed by atoms with van der Waals surface area (Å²) < 4.78 is 5.94. The zero-order chi connectivity index (χ0) is 14.8. The fourth-order valence-corrected chi connectivity index (χ4v) is 2.04. The first kappa shape index (κ1) is 13.3. The van der Waals surface area contributed by atoms with Gasteiger partial charge in [-0.15, -0.1) is 0 Å². The van der Waals surface area contributed by atoms with Crippen LogP contribution in [0, 0.1) is 6.92 Å². The minimum Gasteiger partial charge on any atom is -0.435 e. The van der Waals surface area contributed by atoms with Gasteiger partial charge < -0.3 is 15.0 Å². The number of pyridine rings is 1. The Bertz CT molecular complexity index is 782. The first-order valence-corrected chi connectivity index (χ1v) is 6.74. The van der Waals surface area contributed by atoms with Crippen molar-refractivity contribution in [2.24, 2.45) is 0 Å². The molecule has 3 rings (SSSR count). The van der Waals surface area contributed by atoms with Crippen molar-refractivity contribution < 1.29 is 4.74 Å². The Morgan fingerprint density at radius 2 is 2.10 bits per heavy atom. The van der Waals surface area contributed by atoms with Gasteiger partial charge in [0.2, 0.25) is 5.95 Å².